The average Bonchev–Trinajstić information content (AvgIpc) is 0.852. The van der Waals surface area contributed by atoms with Crippen molar-refractivity contribution in [1.29, 1.82) is 0 Å². The molecule has 600 valence electrons. The van der Waals surface area contributed by atoms with Crippen LogP contribution in [0, 0.1) is 32.8 Å². The van der Waals surface area contributed by atoms with E-state index in [2.05, 4.69) is 79.8 Å². The van der Waals surface area contributed by atoms with Crippen molar-refractivity contribution in [3.8, 4) is 11.9 Å². The van der Waals surface area contributed by atoms with Crippen LogP contribution in [-0.4, -0.2) is 207 Å². The minimum Gasteiger partial charge on any atom is -0.618 e. The summed E-state index contributed by atoms with van der Waals surface area (Å²) in [6.45, 7) is 24.0. The van der Waals surface area contributed by atoms with E-state index in [4.69, 9.17) is 25.6 Å². The van der Waals surface area contributed by atoms with E-state index < -0.39 is 7.05 Å². The van der Waals surface area contributed by atoms with Gasteiger partial charge in [0.2, 0.25) is 0 Å². The first-order valence-electron chi connectivity index (χ1n) is 38.4. The fraction of sp³-hybridized carbons (Fsp3) is 0.573. The predicted molar refractivity (Wildman–Crippen MR) is 450 cm³/mol. The van der Waals surface area contributed by atoms with Gasteiger partial charge in [0.25, 0.3) is 0 Å². The molecule has 0 radical (unpaired) electrons. The molecule has 6 aromatic heterocycles. The normalized spacial score (nSPS) is 16.6. The van der Waals surface area contributed by atoms with E-state index in [0.717, 1.165) is 242 Å². The molecule has 109 heavy (non-hydrogen) atoms. The molecule has 6 aromatic rings. The number of aliphatic hydroxyl groups excluding tert-OH is 1. The summed E-state index contributed by atoms with van der Waals surface area (Å²) < 4.78 is 13.0. The smallest absolute Gasteiger partial charge is 0.195 e. The van der Waals surface area contributed by atoms with Crippen molar-refractivity contribution in [3.63, 3.8) is 0 Å². The molecule has 0 unspecified atom stereocenters. The van der Waals surface area contributed by atoms with Crippen LogP contribution in [0.25, 0.3) is 0 Å². The van der Waals surface area contributed by atoms with E-state index in [0.29, 0.717) is 42.7 Å². The van der Waals surface area contributed by atoms with Crippen LogP contribution < -0.4 is 45.7 Å². The van der Waals surface area contributed by atoms with Gasteiger partial charge in [-0.1, -0.05) is 52.3 Å². The fourth-order valence-electron chi connectivity index (χ4n) is 13.9. The number of nitrogens with two attached hydrogens (primary N) is 1. The Balaban J connectivity index is 0.000000430. The number of hydrogen-bond donors (Lipinski definition) is 10. The van der Waals surface area contributed by atoms with Gasteiger partial charge >= 0.3 is 57.1 Å². The molecule has 12 rings (SSSR count). The van der Waals surface area contributed by atoms with E-state index in [1.807, 2.05) is 90.8 Å². The zero-order valence-electron chi connectivity index (χ0n) is 64.5. The van der Waals surface area contributed by atoms with Crippen molar-refractivity contribution in [2.24, 2.45) is 5.73 Å². The van der Waals surface area contributed by atoms with Crippen LogP contribution in [-0.2, 0) is 4.70 Å². The van der Waals surface area contributed by atoms with Crippen molar-refractivity contribution < 1.29 is 48.8 Å². The summed E-state index contributed by atoms with van der Waals surface area (Å²) in [5, 5.41) is 104. The van der Waals surface area contributed by atoms with Crippen molar-refractivity contribution in [2.45, 2.75) is 159 Å². The summed E-state index contributed by atoms with van der Waals surface area (Å²) in [5.74, 6) is 4.57. The van der Waals surface area contributed by atoms with Gasteiger partial charge in [-0.05, 0) is 259 Å². The number of piperidine rings is 6. The maximum Gasteiger partial charge on any atom is 0.195 e. The van der Waals surface area contributed by atoms with Gasteiger partial charge in [0, 0.05) is 113 Å². The summed E-state index contributed by atoms with van der Waals surface area (Å²) in [7, 11) is -1.16. The largest absolute Gasteiger partial charge is 0.618 e. The Morgan fingerprint density at radius 3 is 1.09 bits per heavy atom. The standard InChI is InChI=1S/C14H24BN3O2.C13H21N3O.C11H17BN2O2.C11H17BN2O.C10H14N2O.C10H14N2.C4H11BBrNO.C2HBO2.3ClH/c1-15(19)16-8-4-9-17-11-6-13(7-12-17)14-5-2-3-10-18(14)20;14-7-3-8-15-10-5-12(6-11-15)13-4-1-2-9-16(13)17;1-12(15)13-8-5-10(6-9-13)11-4-2-3-7-14(11)16;1-12(15)14-8-5-10(6-9-14)11-4-2-3-7-13-11;13-12-8-2-1-3-10(12)9-4-6-11-7-5-9;1-2-6-12-10(3-1)9-4-7-11-8-5-9;1-5(8)7-4-2-3-6;4-2-1-3-5;;;/h2-3,5,10,13,16,19H,4,6-9,11-12H2,1H3;1-2,4,9,12H,3,5-8,10-11,14H2;2-4,7,10,15H,5-6,8-9H2,1H3;2-4,7,10,15H,5-6,8-9H2,1H3;1-3,8-9,11H,4-7H2;1-3,6,9,11H,4-5,7-8H2;7-8H,2-4H2,1H3;4H;3*1H. The Labute approximate surface area is 678 Å². The van der Waals surface area contributed by atoms with E-state index in [9.17, 15) is 30.9 Å². The van der Waals surface area contributed by atoms with Crippen LogP contribution in [0.1, 0.15) is 166 Å². The summed E-state index contributed by atoms with van der Waals surface area (Å²) in [5.41, 5.74) is 11.6. The summed E-state index contributed by atoms with van der Waals surface area (Å²) in [4.78, 5) is 17.8. The number of likely N-dealkylation sites (tertiary alicyclic amines) is 2. The Morgan fingerprint density at radius 2 is 0.798 bits per heavy atom. The van der Waals surface area contributed by atoms with Gasteiger partial charge in [-0.2, -0.15) is 18.9 Å². The maximum atomic E-state index is 11.7. The summed E-state index contributed by atoms with van der Waals surface area (Å²) in [6, 6.07) is 34.8. The molecule has 34 heteroatoms. The number of rotatable bonds is 20. The van der Waals surface area contributed by atoms with Crippen LogP contribution in [0.5, 0.6) is 0 Å². The topological polar surface area (TPSA) is 339 Å². The van der Waals surface area contributed by atoms with Crippen LogP contribution in [0.4, 0.5) is 0 Å². The second-order valence-corrected chi connectivity index (χ2v) is 28.4. The Bertz CT molecular complexity index is 3310. The van der Waals surface area contributed by atoms with Crippen molar-refractivity contribution >= 4 is 88.5 Å². The molecule has 0 spiro atoms. The molecule has 25 nitrogen and oxygen atoms in total. The Hall–Kier alpha value is -5.59. The van der Waals surface area contributed by atoms with Gasteiger partial charge in [0.1, 0.15) is 0 Å². The number of nitrogens with zero attached hydrogens (tertiary/aromatic N) is 10. The van der Waals surface area contributed by atoms with E-state index in [1.165, 1.54) is 30.3 Å². The zero-order chi connectivity index (χ0) is 76.5. The number of hydrogen-bond acceptors (Lipinski definition) is 21. The molecular weight excluding hydrogens is 1510 g/mol. The van der Waals surface area contributed by atoms with Crippen molar-refractivity contribution in [2.75, 3.05) is 117 Å². The van der Waals surface area contributed by atoms with Gasteiger partial charge in [0.15, 0.2) is 47.6 Å². The van der Waals surface area contributed by atoms with Crippen LogP contribution in [0.15, 0.2) is 146 Å². The molecule has 0 aromatic carbocycles. The van der Waals surface area contributed by atoms with Gasteiger partial charge in [-0.25, -0.2) is 0 Å². The number of aromatic nitrogens is 6. The molecule has 6 aliphatic rings. The molecule has 0 aliphatic carbocycles. The molecule has 0 bridgehead atoms. The van der Waals surface area contributed by atoms with Crippen LogP contribution in [0.3, 0.4) is 0 Å². The molecular formula is C75H122B5BrCl3N15O10. The molecule has 0 atom stereocenters. The predicted octanol–water partition coefficient (Wildman–Crippen LogP) is 6.82. The summed E-state index contributed by atoms with van der Waals surface area (Å²) >= 11 is 3.28. The average molecular weight is 1630 g/mol. The Kier molecular flexibility index (Phi) is 54.8. The quantitative estimate of drug-likeness (QED) is 0.00936. The minimum absolute atomic E-state index is 0. The third-order valence-corrected chi connectivity index (χ3v) is 20.5. The third kappa shape index (κ3) is 40.1. The number of nitrogens with one attached hydrogen (secondary N) is 4. The number of alkyl halides is 1. The second kappa shape index (κ2) is 60.1. The van der Waals surface area contributed by atoms with Gasteiger partial charge in [-0.15, -0.1) is 37.2 Å². The Morgan fingerprint density at radius 1 is 0.486 bits per heavy atom. The SMILES string of the molecule is CB(O)N1CCC(c2cccc[n+]2[O-])CC1.CB(O)N1CCC(c2ccccn2)CC1.CB(O)NCCCBr.CB(O)NCCCN1CCC(c2cccc[n+]2[O-])CC1.Cl.Cl.Cl.NCCCN1CCC(c2cccc[n+]2[O-])CC1.O=BC#CO.[O-][n+]1ccccc1C1CCNCC1.c1ccc(C2CCNCC2)nc1. The molecule has 6 aliphatic heterocycles. The molecule has 11 N–H and O–H groups in total. The monoisotopic (exact) mass is 1630 g/mol. The maximum absolute atomic E-state index is 11.7. The van der Waals surface area contributed by atoms with E-state index in [-0.39, 0.29) is 58.4 Å². The van der Waals surface area contributed by atoms with Gasteiger partial charge in [-0.3, -0.25) is 9.97 Å². The fourth-order valence-corrected chi connectivity index (χ4v) is 14.2. The van der Waals surface area contributed by atoms with Gasteiger partial charge < -0.3 is 87.2 Å². The molecule has 12 heterocycles. The van der Waals surface area contributed by atoms with E-state index >= 15 is 0 Å². The van der Waals surface area contributed by atoms with Gasteiger partial charge in [0.05, 0.1) is 0 Å². The number of pyridine rings is 6. The van der Waals surface area contributed by atoms with Crippen molar-refractivity contribution in [3.05, 3.63) is 201 Å². The first-order chi connectivity index (χ1) is 51.5. The second-order valence-electron chi connectivity index (χ2n) is 27.7. The minimum atomic E-state index is -0.425. The summed E-state index contributed by atoms with van der Waals surface area (Å²) in [6.07, 6.45) is 27.6. The molecule has 0 amide bonds. The first-order valence-corrected chi connectivity index (χ1v) is 39.5. The molecule has 0 saturated carbocycles. The third-order valence-electron chi connectivity index (χ3n) is 19.9. The number of aliphatic hydroxyl groups is 1. The van der Waals surface area contributed by atoms with Crippen molar-refractivity contribution in [1.82, 2.24) is 50.5 Å². The van der Waals surface area contributed by atoms with Crippen LogP contribution >= 0.6 is 53.2 Å². The van der Waals surface area contributed by atoms with E-state index in [1.54, 1.807) is 75.3 Å². The first kappa shape index (κ1) is 99.5. The zero-order valence-corrected chi connectivity index (χ0v) is 68.5. The van der Waals surface area contributed by atoms with Crippen LogP contribution in [0.2, 0.25) is 27.3 Å². The number of halogens is 4. The molecule has 6 fully saturated rings. The molecule has 6 saturated heterocycles.